The van der Waals surface area contributed by atoms with E-state index in [1.54, 1.807) is 0 Å². The van der Waals surface area contributed by atoms with Crippen LogP contribution >= 0.6 is 11.6 Å². The molecule has 0 aromatic heterocycles. The first kappa shape index (κ1) is 10.1. The van der Waals surface area contributed by atoms with Gasteiger partial charge in [-0.2, -0.15) is 8.78 Å². The number of rotatable bonds is 2. The van der Waals surface area contributed by atoms with E-state index < -0.39 is 29.0 Å². The van der Waals surface area contributed by atoms with Gasteiger partial charge in [0.2, 0.25) is 0 Å². The van der Waals surface area contributed by atoms with Crippen LogP contribution in [0.3, 0.4) is 0 Å². The lowest BCUT2D eigenvalue weighted by Crippen LogP contribution is -2.04. The summed E-state index contributed by atoms with van der Waals surface area (Å²) in [7, 11) is 0. The van der Waals surface area contributed by atoms with Crippen LogP contribution in [0, 0.1) is 11.6 Å². The first-order chi connectivity index (χ1) is 6.00. The van der Waals surface area contributed by atoms with Crippen molar-refractivity contribution in [3.8, 4) is 5.75 Å². The highest BCUT2D eigenvalue weighted by atomic mass is 35.5. The van der Waals surface area contributed by atoms with E-state index in [4.69, 9.17) is 11.6 Å². The molecule has 0 aliphatic carbocycles. The minimum Gasteiger partial charge on any atom is -0.430 e. The molecule has 0 spiro atoms. The molecule has 72 valence electrons. The quantitative estimate of drug-likeness (QED) is 0.687. The van der Waals surface area contributed by atoms with Crippen molar-refractivity contribution in [2.24, 2.45) is 0 Å². The number of ether oxygens (including phenoxy) is 1. The Bertz CT molecular complexity index is 292. The Kier molecular flexibility index (Phi) is 2.98. The van der Waals surface area contributed by atoms with E-state index in [1.807, 2.05) is 0 Å². The van der Waals surface area contributed by atoms with E-state index in [1.165, 1.54) is 0 Å². The minimum atomic E-state index is -3.20. The lowest BCUT2D eigenvalue weighted by molar-refractivity contribution is -0.0521. The second kappa shape index (κ2) is 3.83. The largest absolute Gasteiger partial charge is 0.430 e. The molecule has 1 aromatic carbocycles. The van der Waals surface area contributed by atoms with E-state index in [9.17, 15) is 17.6 Å². The number of halogens is 5. The summed E-state index contributed by atoms with van der Waals surface area (Å²) >= 11 is 5.24. The Balaban J connectivity index is 3.06. The summed E-state index contributed by atoms with van der Waals surface area (Å²) in [5, 5.41) is -0.530. The lowest BCUT2D eigenvalue weighted by atomic mass is 10.3. The zero-order valence-corrected chi connectivity index (χ0v) is 6.79. The Morgan fingerprint density at radius 2 is 1.85 bits per heavy atom. The molecule has 0 fully saturated rings. The van der Waals surface area contributed by atoms with E-state index in [0.717, 1.165) is 0 Å². The van der Waals surface area contributed by atoms with Gasteiger partial charge in [-0.25, -0.2) is 8.78 Å². The van der Waals surface area contributed by atoms with Crippen LogP contribution in [0.2, 0.25) is 5.02 Å². The monoisotopic (exact) mass is 214 g/mol. The van der Waals surface area contributed by atoms with Gasteiger partial charge >= 0.3 is 6.61 Å². The molecule has 0 atom stereocenters. The fourth-order valence-corrected chi connectivity index (χ4v) is 0.970. The number of benzene rings is 1. The van der Waals surface area contributed by atoms with Gasteiger partial charge in [0.25, 0.3) is 0 Å². The van der Waals surface area contributed by atoms with Crippen LogP contribution in [-0.4, -0.2) is 6.61 Å². The first-order valence-corrected chi connectivity index (χ1v) is 3.48. The maximum Gasteiger partial charge on any atom is 0.387 e. The third kappa shape index (κ3) is 2.48. The van der Waals surface area contributed by atoms with Gasteiger partial charge in [0.05, 0.1) is 5.02 Å². The van der Waals surface area contributed by atoms with Gasteiger partial charge in [-0.05, 0) is 6.07 Å². The van der Waals surface area contributed by atoms with Crippen molar-refractivity contribution >= 4 is 11.6 Å². The highest BCUT2D eigenvalue weighted by Gasteiger charge is 2.15. The van der Waals surface area contributed by atoms with Crippen LogP contribution in [0.5, 0.6) is 5.75 Å². The normalized spacial score (nSPS) is 10.6. The maximum atomic E-state index is 12.7. The molecule has 0 N–H and O–H groups in total. The summed E-state index contributed by atoms with van der Waals surface area (Å²) in [6.07, 6.45) is 0. The van der Waals surface area contributed by atoms with E-state index in [2.05, 4.69) is 4.74 Å². The Hall–Kier alpha value is -0.970. The molecular weight excluding hydrogens is 212 g/mol. The van der Waals surface area contributed by atoms with Crippen molar-refractivity contribution in [1.82, 2.24) is 0 Å². The molecule has 0 heterocycles. The second-order valence-corrected chi connectivity index (χ2v) is 2.48. The zero-order valence-electron chi connectivity index (χ0n) is 6.03. The molecule has 0 bridgehead atoms. The molecule has 1 aromatic rings. The standard InChI is InChI=1S/C7H3ClF4O/c8-4-1-3(9)2-5(10)6(4)13-7(11)12/h1-2,7H. The molecular formula is C7H3ClF4O. The number of alkyl halides is 2. The van der Waals surface area contributed by atoms with E-state index in [0.29, 0.717) is 12.1 Å². The van der Waals surface area contributed by atoms with Gasteiger partial charge in [-0.15, -0.1) is 0 Å². The Labute approximate surface area is 75.9 Å². The van der Waals surface area contributed by atoms with Crippen molar-refractivity contribution in [2.75, 3.05) is 0 Å². The van der Waals surface area contributed by atoms with Crippen molar-refractivity contribution < 1.29 is 22.3 Å². The van der Waals surface area contributed by atoms with Crippen LogP contribution in [-0.2, 0) is 0 Å². The highest BCUT2D eigenvalue weighted by molar-refractivity contribution is 6.32. The predicted octanol–water partition coefficient (Wildman–Crippen LogP) is 3.22. The molecule has 13 heavy (non-hydrogen) atoms. The Morgan fingerprint density at radius 1 is 1.23 bits per heavy atom. The van der Waals surface area contributed by atoms with Crippen LogP contribution in [0.25, 0.3) is 0 Å². The summed E-state index contributed by atoms with van der Waals surface area (Å²) in [5.41, 5.74) is 0. The smallest absolute Gasteiger partial charge is 0.387 e. The summed E-state index contributed by atoms with van der Waals surface area (Å²) in [6, 6.07) is 1.09. The second-order valence-electron chi connectivity index (χ2n) is 2.08. The van der Waals surface area contributed by atoms with Crippen molar-refractivity contribution in [3.63, 3.8) is 0 Å². The molecule has 6 heteroatoms. The van der Waals surface area contributed by atoms with E-state index >= 15 is 0 Å². The van der Waals surface area contributed by atoms with E-state index in [-0.39, 0.29) is 0 Å². The van der Waals surface area contributed by atoms with Crippen molar-refractivity contribution in [2.45, 2.75) is 6.61 Å². The van der Waals surface area contributed by atoms with Crippen LogP contribution in [0.15, 0.2) is 12.1 Å². The van der Waals surface area contributed by atoms with Crippen LogP contribution in [0.1, 0.15) is 0 Å². The first-order valence-electron chi connectivity index (χ1n) is 3.10. The minimum absolute atomic E-state index is 0.406. The molecule has 0 saturated heterocycles. The van der Waals surface area contributed by atoms with Gasteiger partial charge < -0.3 is 4.74 Å². The summed E-state index contributed by atoms with van der Waals surface area (Å²) < 4.78 is 52.1. The Morgan fingerprint density at radius 3 is 2.31 bits per heavy atom. The van der Waals surface area contributed by atoms with Gasteiger partial charge in [-0.3, -0.25) is 0 Å². The number of hydrogen-bond acceptors (Lipinski definition) is 1. The number of hydrogen-bond donors (Lipinski definition) is 0. The average molecular weight is 215 g/mol. The summed E-state index contributed by atoms with van der Waals surface area (Å²) in [4.78, 5) is 0. The lowest BCUT2D eigenvalue weighted by Gasteiger charge is -2.06. The van der Waals surface area contributed by atoms with Crippen molar-refractivity contribution in [3.05, 3.63) is 28.8 Å². The topological polar surface area (TPSA) is 9.23 Å². The fourth-order valence-electron chi connectivity index (χ4n) is 0.731. The van der Waals surface area contributed by atoms with Gasteiger partial charge in [-0.1, -0.05) is 11.6 Å². The average Bonchev–Trinajstić information content (AvgIpc) is 1.96. The van der Waals surface area contributed by atoms with Gasteiger partial charge in [0.1, 0.15) is 5.82 Å². The zero-order chi connectivity index (χ0) is 10.0. The molecule has 0 aliphatic rings. The molecule has 1 nitrogen and oxygen atoms in total. The van der Waals surface area contributed by atoms with Gasteiger partial charge in [0.15, 0.2) is 11.6 Å². The fraction of sp³-hybridized carbons (Fsp3) is 0.143. The summed E-state index contributed by atoms with van der Waals surface area (Å²) in [5.74, 6) is -3.06. The third-order valence-corrected chi connectivity index (χ3v) is 1.45. The van der Waals surface area contributed by atoms with Crippen LogP contribution < -0.4 is 4.74 Å². The van der Waals surface area contributed by atoms with Crippen LogP contribution in [0.4, 0.5) is 17.6 Å². The molecule has 0 unspecified atom stereocenters. The SMILES string of the molecule is Fc1cc(F)c(OC(F)F)c(Cl)c1. The van der Waals surface area contributed by atoms with Gasteiger partial charge in [0, 0.05) is 6.07 Å². The highest BCUT2D eigenvalue weighted by Crippen LogP contribution is 2.29. The summed E-state index contributed by atoms with van der Waals surface area (Å²) in [6.45, 7) is -3.20. The maximum absolute atomic E-state index is 12.7. The molecule has 0 aliphatic heterocycles. The molecule has 0 saturated carbocycles. The molecule has 0 radical (unpaired) electrons. The third-order valence-electron chi connectivity index (χ3n) is 1.17. The van der Waals surface area contributed by atoms with Crippen molar-refractivity contribution in [1.29, 1.82) is 0 Å². The molecule has 1 rings (SSSR count). The molecule has 0 amide bonds. The predicted molar refractivity (Wildman–Crippen MR) is 38.0 cm³/mol.